The Kier molecular flexibility index (Phi) is 4.33. The van der Waals surface area contributed by atoms with Gasteiger partial charge in [-0.2, -0.15) is 0 Å². The van der Waals surface area contributed by atoms with Gasteiger partial charge in [0.25, 0.3) is 0 Å². The largest absolute Gasteiger partial charge is 0.480 e. The number of carboxylic acid groups (broad SMARTS) is 1. The SMILES string of the molecule is O=C(O)C(CC1CC1)NC(=O)C1CC1c1cccc(Cl)c1Cl. The van der Waals surface area contributed by atoms with E-state index < -0.39 is 12.0 Å². The van der Waals surface area contributed by atoms with Crippen molar-refractivity contribution in [3.8, 4) is 0 Å². The van der Waals surface area contributed by atoms with Gasteiger partial charge in [0, 0.05) is 5.92 Å². The summed E-state index contributed by atoms with van der Waals surface area (Å²) in [6.07, 6.45) is 3.33. The summed E-state index contributed by atoms with van der Waals surface area (Å²) in [6.45, 7) is 0. The number of amides is 1. The minimum atomic E-state index is -0.960. The molecule has 2 fully saturated rings. The van der Waals surface area contributed by atoms with E-state index in [4.69, 9.17) is 23.2 Å². The molecule has 0 aromatic heterocycles. The molecule has 2 aliphatic rings. The van der Waals surface area contributed by atoms with Crippen LogP contribution >= 0.6 is 23.2 Å². The zero-order valence-corrected chi connectivity index (χ0v) is 13.4. The summed E-state index contributed by atoms with van der Waals surface area (Å²) in [6, 6.07) is 4.60. The molecular formula is C16H17Cl2NO3. The van der Waals surface area contributed by atoms with Gasteiger partial charge in [-0.25, -0.2) is 4.79 Å². The van der Waals surface area contributed by atoms with E-state index in [1.54, 1.807) is 6.07 Å². The first-order valence-corrected chi connectivity index (χ1v) is 8.20. The molecule has 1 aromatic rings. The molecule has 0 heterocycles. The average Bonchev–Trinajstić information content (AvgIpc) is 3.34. The van der Waals surface area contributed by atoms with Gasteiger partial charge < -0.3 is 10.4 Å². The van der Waals surface area contributed by atoms with E-state index in [1.165, 1.54) is 0 Å². The molecule has 0 aliphatic heterocycles. The van der Waals surface area contributed by atoms with Crippen molar-refractivity contribution in [2.24, 2.45) is 11.8 Å². The number of hydrogen-bond donors (Lipinski definition) is 2. The van der Waals surface area contributed by atoms with Crippen LogP contribution in [0.5, 0.6) is 0 Å². The van der Waals surface area contributed by atoms with Crippen molar-refractivity contribution < 1.29 is 14.7 Å². The van der Waals surface area contributed by atoms with Crippen LogP contribution in [0.2, 0.25) is 10.0 Å². The highest BCUT2D eigenvalue weighted by molar-refractivity contribution is 6.42. The van der Waals surface area contributed by atoms with E-state index in [0.29, 0.717) is 28.8 Å². The molecule has 4 nitrogen and oxygen atoms in total. The summed E-state index contributed by atoms with van der Waals surface area (Å²) in [4.78, 5) is 23.5. The highest BCUT2D eigenvalue weighted by atomic mass is 35.5. The normalized spacial score (nSPS) is 24.6. The Morgan fingerprint density at radius 1 is 1.32 bits per heavy atom. The van der Waals surface area contributed by atoms with Crippen LogP contribution in [0.4, 0.5) is 0 Å². The van der Waals surface area contributed by atoms with Crippen LogP contribution < -0.4 is 5.32 Å². The van der Waals surface area contributed by atoms with E-state index in [0.717, 1.165) is 18.4 Å². The van der Waals surface area contributed by atoms with Crippen molar-refractivity contribution in [2.45, 2.75) is 37.6 Å². The summed E-state index contributed by atoms with van der Waals surface area (Å²) in [5.41, 5.74) is 0.864. The van der Waals surface area contributed by atoms with Crippen LogP contribution in [0.25, 0.3) is 0 Å². The Balaban J connectivity index is 1.62. The van der Waals surface area contributed by atoms with Gasteiger partial charge in [-0.15, -0.1) is 0 Å². The number of carboxylic acids is 1. The zero-order chi connectivity index (χ0) is 15.9. The number of hydrogen-bond acceptors (Lipinski definition) is 2. The molecule has 3 unspecified atom stereocenters. The van der Waals surface area contributed by atoms with Gasteiger partial charge in [-0.05, 0) is 36.3 Å². The van der Waals surface area contributed by atoms with E-state index >= 15 is 0 Å². The lowest BCUT2D eigenvalue weighted by Crippen LogP contribution is -2.42. The smallest absolute Gasteiger partial charge is 0.326 e. The number of benzene rings is 1. The van der Waals surface area contributed by atoms with Crippen molar-refractivity contribution in [1.29, 1.82) is 0 Å². The highest BCUT2D eigenvalue weighted by Crippen LogP contribution is 2.50. The first-order valence-electron chi connectivity index (χ1n) is 7.44. The Morgan fingerprint density at radius 3 is 2.68 bits per heavy atom. The van der Waals surface area contributed by atoms with Crippen molar-refractivity contribution in [2.75, 3.05) is 0 Å². The Morgan fingerprint density at radius 2 is 2.05 bits per heavy atom. The standard InChI is InChI=1S/C16H17Cl2NO3/c17-12-3-1-2-9(14(12)18)10-7-11(10)15(20)19-13(16(21)22)6-8-4-5-8/h1-3,8,10-11,13H,4-7H2,(H,19,20)(H,21,22). The molecule has 22 heavy (non-hydrogen) atoms. The summed E-state index contributed by atoms with van der Waals surface area (Å²) < 4.78 is 0. The molecule has 0 radical (unpaired) electrons. The maximum Gasteiger partial charge on any atom is 0.326 e. The van der Waals surface area contributed by atoms with E-state index in [1.807, 2.05) is 12.1 Å². The molecule has 2 N–H and O–H groups in total. The topological polar surface area (TPSA) is 66.4 Å². The van der Waals surface area contributed by atoms with Crippen LogP contribution in [-0.4, -0.2) is 23.0 Å². The lowest BCUT2D eigenvalue weighted by Gasteiger charge is -2.14. The van der Waals surface area contributed by atoms with E-state index in [-0.39, 0.29) is 17.7 Å². The molecule has 1 amide bonds. The molecule has 6 heteroatoms. The fourth-order valence-corrected chi connectivity index (χ4v) is 3.27. The minimum absolute atomic E-state index is 0.0292. The molecule has 0 bridgehead atoms. The number of aliphatic carboxylic acids is 1. The van der Waals surface area contributed by atoms with Gasteiger partial charge in [0.05, 0.1) is 10.0 Å². The van der Waals surface area contributed by atoms with Gasteiger partial charge in [0.1, 0.15) is 6.04 Å². The first-order chi connectivity index (χ1) is 10.5. The predicted octanol–water partition coefficient (Wildman–Crippen LogP) is 3.47. The first kappa shape index (κ1) is 15.6. The van der Waals surface area contributed by atoms with Crippen LogP contribution in [0.1, 0.15) is 37.2 Å². The van der Waals surface area contributed by atoms with Gasteiger partial charge >= 0.3 is 5.97 Å². The predicted molar refractivity (Wildman–Crippen MR) is 84.2 cm³/mol. The lowest BCUT2D eigenvalue weighted by molar-refractivity contribution is -0.142. The number of nitrogens with one attached hydrogen (secondary N) is 1. The molecule has 2 saturated carbocycles. The summed E-state index contributed by atoms with van der Waals surface area (Å²) >= 11 is 12.2. The fourth-order valence-electron chi connectivity index (χ4n) is 2.82. The molecule has 1 aromatic carbocycles. The second kappa shape index (κ2) is 6.09. The fraction of sp³-hybridized carbons (Fsp3) is 0.500. The van der Waals surface area contributed by atoms with Crippen LogP contribution in [0.3, 0.4) is 0 Å². The lowest BCUT2D eigenvalue weighted by atomic mass is 10.1. The van der Waals surface area contributed by atoms with Crippen molar-refractivity contribution >= 4 is 35.1 Å². The molecule has 3 rings (SSSR count). The summed E-state index contributed by atoms with van der Waals surface area (Å²) in [5.74, 6) is -0.898. The van der Waals surface area contributed by atoms with E-state index in [2.05, 4.69) is 5.32 Å². The second-order valence-electron chi connectivity index (χ2n) is 6.17. The number of carbonyl (C=O) groups is 2. The third kappa shape index (κ3) is 3.39. The third-order valence-electron chi connectivity index (χ3n) is 4.39. The van der Waals surface area contributed by atoms with E-state index in [9.17, 15) is 14.7 Å². The molecule has 0 spiro atoms. The zero-order valence-electron chi connectivity index (χ0n) is 11.9. The number of rotatable bonds is 6. The number of carbonyl (C=O) groups excluding carboxylic acids is 1. The van der Waals surface area contributed by atoms with Gasteiger partial charge in [0.2, 0.25) is 5.91 Å². The Bertz CT molecular complexity index is 615. The van der Waals surface area contributed by atoms with Crippen molar-refractivity contribution in [3.05, 3.63) is 33.8 Å². The van der Waals surface area contributed by atoms with Gasteiger partial charge in [0.15, 0.2) is 0 Å². The van der Waals surface area contributed by atoms with Crippen molar-refractivity contribution in [3.63, 3.8) is 0 Å². The average molecular weight is 342 g/mol. The van der Waals surface area contributed by atoms with Crippen LogP contribution in [-0.2, 0) is 9.59 Å². The van der Waals surface area contributed by atoms with Crippen LogP contribution in [0, 0.1) is 11.8 Å². The van der Waals surface area contributed by atoms with Crippen molar-refractivity contribution in [1.82, 2.24) is 5.32 Å². The monoisotopic (exact) mass is 341 g/mol. The summed E-state index contributed by atoms with van der Waals surface area (Å²) in [7, 11) is 0. The molecule has 3 atom stereocenters. The molecule has 2 aliphatic carbocycles. The molecular weight excluding hydrogens is 325 g/mol. The third-order valence-corrected chi connectivity index (χ3v) is 5.22. The number of halogens is 2. The summed E-state index contributed by atoms with van der Waals surface area (Å²) in [5, 5.41) is 12.8. The van der Waals surface area contributed by atoms with Gasteiger partial charge in [-0.1, -0.05) is 48.2 Å². The molecule has 0 saturated heterocycles. The molecule has 118 valence electrons. The second-order valence-corrected chi connectivity index (χ2v) is 6.96. The maximum absolute atomic E-state index is 12.3. The van der Waals surface area contributed by atoms with Gasteiger partial charge in [-0.3, -0.25) is 4.79 Å². The van der Waals surface area contributed by atoms with Crippen LogP contribution in [0.15, 0.2) is 18.2 Å². The minimum Gasteiger partial charge on any atom is -0.480 e. The maximum atomic E-state index is 12.3. The quantitative estimate of drug-likeness (QED) is 0.832. The Hall–Kier alpha value is -1.26. The highest BCUT2D eigenvalue weighted by Gasteiger charge is 2.46. The Labute approximate surface area is 138 Å².